The van der Waals surface area contributed by atoms with E-state index in [4.69, 9.17) is 9.47 Å². The predicted molar refractivity (Wildman–Crippen MR) is 74.8 cm³/mol. The van der Waals surface area contributed by atoms with E-state index in [9.17, 15) is 0 Å². The van der Waals surface area contributed by atoms with Gasteiger partial charge in [0, 0.05) is 20.3 Å². The molecule has 5 heteroatoms. The van der Waals surface area contributed by atoms with Crippen molar-refractivity contribution in [3.05, 3.63) is 11.9 Å². The van der Waals surface area contributed by atoms with Gasteiger partial charge in [0.25, 0.3) is 0 Å². The van der Waals surface area contributed by atoms with E-state index in [1.807, 2.05) is 17.8 Å². The highest BCUT2D eigenvalue weighted by Gasteiger charge is 2.30. The van der Waals surface area contributed by atoms with Crippen LogP contribution in [-0.2, 0) is 22.6 Å². The van der Waals surface area contributed by atoms with E-state index < -0.39 is 0 Å². The largest absolute Gasteiger partial charge is 0.378 e. The summed E-state index contributed by atoms with van der Waals surface area (Å²) in [6, 6.07) is 0. The van der Waals surface area contributed by atoms with Crippen molar-refractivity contribution in [1.29, 1.82) is 0 Å². The van der Waals surface area contributed by atoms with Crippen molar-refractivity contribution in [3.8, 4) is 0 Å². The summed E-state index contributed by atoms with van der Waals surface area (Å²) in [7, 11) is 1.66. The standard InChI is InChI=1S/C14H27N3O2/c1-7-19-14(4,5)10-13(2,3)11-17-8-12(9-18-6)15-16-17/h8H,7,9-11H2,1-6H3. The lowest BCUT2D eigenvalue weighted by Crippen LogP contribution is -2.34. The first-order valence-corrected chi connectivity index (χ1v) is 6.80. The van der Waals surface area contributed by atoms with Crippen LogP contribution in [0.3, 0.4) is 0 Å². The monoisotopic (exact) mass is 269 g/mol. The van der Waals surface area contributed by atoms with Crippen LogP contribution in [0.5, 0.6) is 0 Å². The third-order valence-electron chi connectivity index (χ3n) is 2.91. The van der Waals surface area contributed by atoms with Crippen LogP contribution in [0.1, 0.15) is 46.7 Å². The summed E-state index contributed by atoms with van der Waals surface area (Å²) in [4.78, 5) is 0. The average Bonchev–Trinajstić information content (AvgIpc) is 2.62. The minimum absolute atomic E-state index is 0.0940. The van der Waals surface area contributed by atoms with Crippen LogP contribution in [0.4, 0.5) is 0 Å². The van der Waals surface area contributed by atoms with E-state index in [-0.39, 0.29) is 11.0 Å². The molecule has 0 saturated heterocycles. The number of hydrogen-bond acceptors (Lipinski definition) is 4. The van der Waals surface area contributed by atoms with E-state index in [1.165, 1.54) is 0 Å². The van der Waals surface area contributed by atoms with Crippen molar-refractivity contribution in [1.82, 2.24) is 15.0 Å². The third kappa shape index (κ3) is 5.70. The molecule has 0 aliphatic rings. The van der Waals surface area contributed by atoms with Gasteiger partial charge in [0.15, 0.2) is 0 Å². The van der Waals surface area contributed by atoms with Gasteiger partial charge in [0.1, 0.15) is 5.69 Å². The number of hydrogen-bond donors (Lipinski definition) is 0. The number of rotatable bonds is 8. The molecule has 0 unspecified atom stereocenters. The van der Waals surface area contributed by atoms with Gasteiger partial charge in [-0.3, -0.25) is 4.68 Å². The first-order chi connectivity index (χ1) is 8.78. The van der Waals surface area contributed by atoms with Crippen LogP contribution in [0.2, 0.25) is 0 Å². The number of nitrogens with zero attached hydrogens (tertiary/aromatic N) is 3. The molecule has 0 aromatic carbocycles. The summed E-state index contributed by atoms with van der Waals surface area (Å²) in [6.07, 6.45) is 2.91. The molecule has 1 rings (SSSR count). The Bertz CT molecular complexity index is 386. The molecule has 0 N–H and O–H groups in total. The third-order valence-corrected chi connectivity index (χ3v) is 2.91. The Morgan fingerprint density at radius 1 is 1.26 bits per heavy atom. The lowest BCUT2D eigenvalue weighted by molar-refractivity contribution is -0.0429. The second-order valence-corrected chi connectivity index (χ2v) is 6.37. The number of ether oxygens (including phenoxy) is 2. The fraction of sp³-hybridized carbons (Fsp3) is 0.857. The fourth-order valence-corrected chi connectivity index (χ4v) is 2.72. The topological polar surface area (TPSA) is 49.2 Å². The molecule has 0 radical (unpaired) electrons. The highest BCUT2D eigenvalue weighted by atomic mass is 16.5. The minimum Gasteiger partial charge on any atom is -0.378 e. The highest BCUT2D eigenvalue weighted by molar-refractivity contribution is 4.91. The highest BCUT2D eigenvalue weighted by Crippen LogP contribution is 2.31. The first-order valence-electron chi connectivity index (χ1n) is 6.80. The molecule has 19 heavy (non-hydrogen) atoms. The average molecular weight is 269 g/mol. The molecule has 0 fully saturated rings. The zero-order valence-electron chi connectivity index (χ0n) is 13.1. The Balaban J connectivity index is 2.62. The molecule has 1 aromatic heterocycles. The van der Waals surface area contributed by atoms with Crippen molar-refractivity contribution in [3.63, 3.8) is 0 Å². The predicted octanol–water partition coefficient (Wildman–Crippen LogP) is 2.66. The summed E-state index contributed by atoms with van der Waals surface area (Å²) in [5, 5.41) is 8.22. The maximum Gasteiger partial charge on any atom is 0.108 e. The molecule has 0 spiro atoms. The molecule has 110 valence electrons. The van der Waals surface area contributed by atoms with Gasteiger partial charge in [-0.15, -0.1) is 5.10 Å². The SMILES string of the molecule is CCOC(C)(C)CC(C)(C)Cn1cc(COC)nn1. The molecule has 0 aliphatic heterocycles. The maximum absolute atomic E-state index is 5.78. The molecule has 1 aromatic rings. The van der Waals surface area contributed by atoms with Gasteiger partial charge in [-0.25, -0.2) is 0 Å². The van der Waals surface area contributed by atoms with Crippen molar-refractivity contribution in [2.45, 2.75) is 59.8 Å². The lowest BCUT2D eigenvalue weighted by atomic mass is 9.81. The van der Waals surface area contributed by atoms with Gasteiger partial charge < -0.3 is 9.47 Å². The Kier molecular flexibility index (Phi) is 5.50. The summed E-state index contributed by atoms with van der Waals surface area (Å²) in [5.41, 5.74) is 0.840. The van der Waals surface area contributed by atoms with E-state index in [1.54, 1.807) is 7.11 Å². The van der Waals surface area contributed by atoms with Crippen molar-refractivity contribution >= 4 is 0 Å². The molecular formula is C14H27N3O2. The second kappa shape index (κ2) is 6.48. The van der Waals surface area contributed by atoms with E-state index in [0.29, 0.717) is 6.61 Å². The Labute approximate surface area is 116 Å². The molecular weight excluding hydrogens is 242 g/mol. The van der Waals surface area contributed by atoms with Gasteiger partial charge in [-0.05, 0) is 32.6 Å². The van der Waals surface area contributed by atoms with Crippen LogP contribution in [0.15, 0.2) is 6.20 Å². The molecule has 1 heterocycles. The smallest absolute Gasteiger partial charge is 0.108 e. The minimum atomic E-state index is -0.117. The van der Waals surface area contributed by atoms with Crippen LogP contribution in [-0.4, -0.2) is 34.3 Å². The lowest BCUT2D eigenvalue weighted by Gasteiger charge is -2.34. The molecule has 0 amide bonds. The van der Waals surface area contributed by atoms with Gasteiger partial charge in [0.05, 0.1) is 18.4 Å². The molecule has 0 aliphatic carbocycles. The van der Waals surface area contributed by atoms with Crippen molar-refractivity contribution < 1.29 is 9.47 Å². The van der Waals surface area contributed by atoms with Crippen LogP contribution >= 0.6 is 0 Å². The number of methoxy groups -OCH3 is 1. The van der Waals surface area contributed by atoms with Gasteiger partial charge >= 0.3 is 0 Å². The van der Waals surface area contributed by atoms with Crippen molar-refractivity contribution in [2.24, 2.45) is 5.41 Å². The van der Waals surface area contributed by atoms with Crippen LogP contribution in [0, 0.1) is 5.41 Å². The van der Waals surface area contributed by atoms with Crippen LogP contribution in [0.25, 0.3) is 0 Å². The fourth-order valence-electron chi connectivity index (χ4n) is 2.72. The zero-order chi connectivity index (χ0) is 14.5. The van der Waals surface area contributed by atoms with Crippen LogP contribution < -0.4 is 0 Å². The molecule has 0 bridgehead atoms. The van der Waals surface area contributed by atoms with Gasteiger partial charge in [0.2, 0.25) is 0 Å². The molecule has 5 nitrogen and oxygen atoms in total. The summed E-state index contributed by atoms with van der Waals surface area (Å²) < 4.78 is 12.7. The van der Waals surface area contributed by atoms with Gasteiger partial charge in [-0.2, -0.15) is 0 Å². The van der Waals surface area contributed by atoms with Crippen molar-refractivity contribution in [2.75, 3.05) is 13.7 Å². The first kappa shape index (κ1) is 16.1. The maximum atomic E-state index is 5.78. The van der Waals surface area contributed by atoms with Gasteiger partial charge in [-0.1, -0.05) is 19.1 Å². The normalized spacial score (nSPS) is 12.9. The summed E-state index contributed by atoms with van der Waals surface area (Å²) >= 11 is 0. The Morgan fingerprint density at radius 2 is 1.95 bits per heavy atom. The van der Waals surface area contributed by atoms with E-state index >= 15 is 0 Å². The molecule has 0 saturated carbocycles. The summed E-state index contributed by atoms with van der Waals surface area (Å²) in [6.45, 7) is 12.8. The second-order valence-electron chi connectivity index (χ2n) is 6.37. The zero-order valence-corrected chi connectivity index (χ0v) is 13.1. The quantitative estimate of drug-likeness (QED) is 0.728. The summed E-state index contributed by atoms with van der Waals surface area (Å²) in [5.74, 6) is 0. The van der Waals surface area contributed by atoms with E-state index in [2.05, 4.69) is 38.0 Å². The Hall–Kier alpha value is -0.940. The molecule has 0 atom stereocenters. The number of aromatic nitrogens is 3. The Morgan fingerprint density at radius 3 is 2.53 bits per heavy atom. The van der Waals surface area contributed by atoms with E-state index in [0.717, 1.165) is 25.3 Å².